The molecule has 0 aliphatic heterocycles. The van der Waals surface area contributed by atoms with E-state index in [1.807, 2.05) is 19.1 Å². The molecule has 0 unspecified atom stereocenters. The third-order valence-corrected chi connectivity index (χ3v) is 3.83. The van der Waals surface area contributed by atoms with E-state index in [2.05, 4.69) is 38.0 Å². The number of halogens is 1. The summed E-state index contributed by atoms with van der Waals surface area (Å²) in [4.78, 5) is 9.83. The van der Waals surface area contributed by atoms with E-state index in [1.165, 1.54) is 4.90 Å². The molecule has 0 saturated heterocycles. The molecule has 94 valence electrons. The highest BCUT2D eigenvalue weighted by Crippen LogP contribution is 2.23. The molecule has 18 heavy (non-hydrogen) atoms. The van der Waals surface area contributed by atoms with Crippen LogP contribution in [0.15, 0.2) is 39.7 Å². The lowest BCUT2D eigenvalue weighted by atomic mass is 10.3. The van der Waals surface area contributed by atoms with Crippen LogP contribution in [-0.4, -0.2) is 15.1 Å². The highest BCUT2D eigenvalue weighted by molar-refractivity contribution is 9.10. The molecule has 1 N–H and O–H groups in total. The second-order valence-electron chi connectivity index (χ2n) is 3.82. The number of aromatic nitrogens is 2. The van der Waals surface area contributed by atoms with Gasteiger partial charge in [0.25, 0.3) is 0 Å². The number of aryl methyl sites for hydroxylation is 1. The topological polar surface area (TPSA) is 46.0 Å². The summed E-state index contributed by atoms with van der Waals surface area (Å²) in [7, 11) is 0. The standard InChI is InChI=1S/C13H13BrN2OS/c1-9-6-11(7-17)16-13(15-9)8-18-12-4-2-10(14)3-5-12/h2-6,17H,7-8H2,1H3. The van der Waals surface area contributed by atoms with Crippen LogP contribution in [0.1, 0.15) is 17.2 Å². The van der Waals surface area contributed by atoms with Crippen molar-refractivity contribution in [2.24, 2.45) is 0 Å². The molecule has 5 heteroatoms. The molecule has 0 aliphatic rings. The molecule has 2 aromatic rings. The van der Waals surface area contributed by atoms with E-state index in [9.17, 15) is 0 Å². The van der Waals surface area contributed by atoms with Gasteiger partial charge in [0, 0.05) is 15.1 Å². The van der Waals surface area contributed by atoms with E-state index >= 15 is 0 Å². The van der Waals surface area contributed by atoms with Gasteiger partial charge in [0.15, 0.2) is 0 Å². The molecule has 0 spiro atoms. The first kappa shape index (κ1) is 13.5. The van der Waals surface area contributed by atoms with Gasteiger partial charge in [0.2, 0.25) is 0 Å². The van der Waals surface area contributed by atoms with Gasteiger partial charge in [-0.25, -0.2) is 9.97 Å². The zero-order valence-corrected chi connectivity index (χ0v) is 12.3. The van der Waals surface area contributed by atoms with Gasteiger partial charge >= 0.3 is 0 Å². The Morgan fingerprint density at radius 2 is 1.94 bits per heavy atom. The van der Waals surface area contributed by atoms with Crippen LogP contribution in [0.25, 0.3) is 0 Å². The van der Waals surface area contributed by atoms with Gasteiger partial charge in [0.1, 0.15) is 5.82 Å². The molecule has 0 fully saturated rings. The normalized spacial score (nSPS) is 10.6. The van der Waals surface area contributed by atoms with Crippen LogP contribution >= 0.6 is 27.7 Å². The van der Waals surface area contributed by atoms with Crippen molar-refractivity contribution in [3.63, 3.8) is 0 Å². The van der Waals surface area contributed by atoms with Gasteiger partial charge in [-0.1, -0.05) is 15.9 Å². The Balaban J connectivity index is 2.05. The molecule has 0 radical (unpaired) electrons. The summed E-state index contributed by atoms with van der Waals surface area (Å²) in [5, 5.41) is 9.10. The Kier molecular flexibility index (Phi) is 4.74. The van der Waals surface area contributed by atoms with Gasteiger partial charge in [-0.05, 0) is 37.3 Å². The maximum Gasteiger partial charge on any atom is 0.139 e. The Hall–Kier alpha value is -0.910. The van der Waals surface area contributed by atoms with E-state index in [1.54, 1.807) is 17.8 Å². The molecule has 1 heterocycles. The molecule has 0 bridgehead atoms. The largest absolute Gasteiger partial charge is 0.390 e. The summed E-state index contributed by atoms with van der Waals surface area (Å²) in [6.07, 6.45) is 0. The number of hydrogen-bond acceptors (Lipinski definition) is 4. The monoisotopic (exact) mass is 324 g/mol. The maximum atomic E-state index is 9.10. The van der Waals surface area contributed by atoms with Crippen LogP contribution in [0.5, 0.6) is 0 Å². The first-order chi connectivity index (χ1) is 8.67. The minimum atomic E-state index is -0.0424. The molecule has 0 aliphatic carbocycles. The van der Waals surface area contributed by atoms with E-state index in [0.717, 1.165) is 16.0 Å². The number of thioether (sulfide) groups is 1. The minimum Gasteiger partial charge on any atom is -0.390 e. The SMILES string of the molecule is Cc1cc(CO)nc(CSc2ccc(Br)cc2)n1. The predicted molar refractivity (Wildman–Crippen MR) is 76.4 cm³/mol. The van der Waals surface area contributed by atoms with Crippen molar-refractivity contribution < 1.29 is 5.11 Å². The van der Waals surface area contributed by atoms with Crippen LogP contribution in [0, 0.1) is 6.92 Å². The molecule has 2 rings (SSSR count). The Morgan fingerprint density at radius 1 is 1.22 bits per heavy atom. The fourth-order valence-electron chi connectivity index (χ4n) is 1.52. The van der Waals surface area contributed by atoms with Crippen molar-refractivity contribution in [3.8, 4) is 0 Å². The van der Waals surface area contributed by atoms with Gasteiger partial charge in [0.05, 0.1) is 18.1 Å². The summed E-state index contributed by atoms with van der Waals surface area (Å²) < 4.78 is 1.07. The molecule has 1 aromatic carbocycles. The van der Waals surface area contributed by atoms with Gasteiger partial charge in [-0.3, -0.25) is 0 Å². The second-order valence-corrected chi connectivity index (χ2v) is 5.78. The van der Waals surface area contributed by atoms with Crippen molar-refractivity contribution in [1.29, 1.82) is 0 Å². The number of benzene rings is 1. The molecule has 0 atom stereocenters. The zero-order chi connectivity index (χ0) is 13.0. The first-order valence-electron chi connectivity index (χ1n) is 5.50. The third kappa shape index (κ3) is 3.80. The quantitative estimate of drug-likeness (QED) is 0.876. The zero-order valence-electron chi connectivity index (χ0n) is 9.93. The second kappa shape index (κ2) is 6.31. The number of rotatable bonds is 4. The molecular weight excluding hydrogens is 312 g/mol. The number of hydrogen-bond donors (Lipinski definition) is 1. The van der Waals surface area contributed by atoms with Crippen LogP contribution in [-0.2, 0) is 12.4 Å². The highest BCUT2D eigenvalue weighted by atomic mass is 79.9. The summed E-state index contributed by atoms with van der Waals surface area (Å²) in [5.74, 6) is 1.46. The first-order valence-corrected chi connectivity index (χ1v) is 7.28. The van der Waals surface area contributed by atoms with Crippen LogP contribution in [0.2, 0.25) is 0 Å². The summed E-state index contributed by atoms with van der Waals surface area (Å²) >= 11 is 5.09. The Labute approximate surface area is 119 Å². The Morgan fingerprint density at radius 3 is 2.61 bits per heavy atom. The van der Waals surface area contributed by atoms with E-state index in [-0.39, 0.29) is 6.61 Å². The fourth-order valence-corrected chi connectivity index (χ4v) is 2.54. The molecule has 3 nitrogen and oxygen atoms in total. The van der Waals surface area contributed by atoms with Crippen LogP contribution in [0.3, 0.4) is 0 Å². The summed E-state index contributed by atoms with van der Waals surface area (Å²) in [5.41, 5.74) is 1.56. The van der Waals surface area contributed by atoms with E-state index in [4.69, 9.17) is 5.11 Å². The molecule has 0 saturated carbocycles. The number of aliphatic hydroxyl groups excluding tert-OH is 1. The van der Waals surface area contributed by atoms with E-state index in [0.29, 0.717) is 11.4 Å². The predicted octanol–water partition coefficient (Wildman–Crippen LogP) is 3.33. The van der Waals surface area contributed by atoms with Gasteiger partial charge in [-0.15, -0.1) is 11.8 Å². The molecule has 0 amide bonds. The lowest BCUT2D eigenvalue weighted by molar-refractivity contribution is 0.276. The molecular formula is C13H13BrN2OS. The van der Waals surface area contributed by atoms with Crippen molar-refractivity contribution in [3.05, 3.63) is 52.0 Å². The lowest BCUT2D eigenvalue weighted by Gasteiger charge is -2.04. The highest BCUT2D eigenvalue weighted by Gasteiger charge is 2.03. The van der Waals surface area contributed by atoms with Crippen molar-refractivity contribution in [2.45, 2.75) is 24.2 Å². The maximum absolute atomic E-state index is 9.10. The minimum absolute atomic E-state index is 0.0424. The van der Waals surface area contributed by atoms with Gasteiger partial charge < -0.3 is 5.11 Å². The van der Waals surface area contributed by atoms with Crippen molar-refractivity contribution >= 4 is 27.7 Å². The fraction of sp³-hybridized carbons (Fsp3) is 0.231. The Bertz CT molecular complexity index is 531. The summed E-state index contributed by atoms with van der Waals surface area (Å²) in [6.45, 7) is 1.87. The number of nitrogens with zero attached hydrogens (tertiary/aromatic N) is 2. The number of aliphatic hydroxyl groups is 1. The van der Waals surface area contributed by atoms with Crippen LogP contribution < -0.4 is 0 Å². The lowest BCUT2D eigenvalue weighted by Crippen LogP contribution is -2.00. The smallest absolute Gasteiger partial charge is 0.139 e. The van der Waals surface area contributed by atoms with Crippen molar-refractivity contribution in [2.75, 3.05) is 0 Å². The van der Waals surface area contributed by atoms with Crippen molar-refractivity contribution in [1.82, 2.24) is 9.97 Å². The van der Waals surface area contributed by atoms with E-state index < -0.39 is 0 Å². The molecule has 1 aromatic heterocycles. The average Bonchev–Trinajstić information content (AvgIpc) is 2.37. The summed E-state index contributed by atoms with van der Waals surface area (Å²) in [6, 6.07) is 9.93. The average molecular weight is 325 g/mol. The third-order valence-electron chi connectivity index (χ3n) is 2.30. The van der Waals surface area contributed by atoms with Gasteiger partial charge in [-0.2, -0.15) is 0 Å². The van der Waals surface area contributed by atoms with Crippen LogP contribution in [0.4, 0.5) is 0 Å².